The van der Waals surface area contributed by atoms with Gasteiger partial charge in [-0.1, -0.05) is 13.0 Å². The SMILES string of the molecule is CCCOC(=O)/C(C#N)=C\c1ccc(OC)c(Br)c1. The van der Waals surface area contributed by atoms with E-state index in [0.717, 1.165) is 16.5 Å². The summed E-state index contributed by atoms with van der Waals surface area (Å²) >= 11 is 3.34. The summed E-state index contributed by atoms with van der Waals surface area (Å²) in [6.07, 6.45) is 2.21. The summed E-state index contributed by atoms with van der Waals surface area (Å²) in [6, 6.07) is 7.12. The second-order valence-corrected chi connectivity index (χ2v) is 4.55. The molecule has 0 spiro atoms. The van der Waals surface area contributed by atoms with E-state index in [1.807, 2.05) is 13.0 Å². The van der Waals surface area contributed by atoms with Crippen molar-refractivity contribution < 1.29 is 14.3 Å². The number of hydrogen-bond acceptors (Lipinski definition) is 4. The molecule has 1 rings (SSSR count). The molecule has 0 unspecified atom stereocenters. The molecule has 0 saturated heterocycles. The van der Waals surface area contributed by atoms with E-state index in [0.29, 0.717) is 12.4 Å². The second kappa shape index (κ2) is 7.59. The number of nitriles is 1. The molecule has 0 bridgehead atoms. The summed E-state index contributed by atoms with van der Waals surface area (Å²) in [5.41, 5.74) is 0.697. The van der Waals surface area contributed by atoms with Crippen molar-refractivity contribution in [2.24, 2.45) is 0 Å². The first-order valence-corrected chi connectivity index (χ1v) is 6.54. The van der Waals surface area contributed by atoms with Crippen LogP contribution in [-0.4, -0.2) is 19.7 Å². The summed E-state index contributed by atoms with van der Waals surface area (Å²) < 4.78 is 10.8. The minimum Gasteiger partial charge on any atom is -0.496 e. The zero-order valence-corrected chi connectivity index (χ0v) is 12.4. The molecule has 0 heterocycles. The third kappa shape index (κ3) is 4.42. The summed E-state index contributed by atoms with van der Waals surface area (Å²) in [4.78, 5) is 11.6. The molecule has 0 radical (unpaired) electrons. The van der Waals surface area contributed by atoms with Crippen molar-refractivity contribution in [1.82, 2.24) is 0 Å². The number of rotatable bonds is 5. The topological polar surface area (TPSA) is 59.3 Å². The van der Waals surface area contributed by atoms with E-state index in [1.54, 1.807) is 25.3 Å². The lowest BCUT2D eigenvalue weighted by Crippen LogP contribution is -2.07. The highest BCUT2D eigenvalue weighted by Crippen LogP contribution is 2.26. The van der Waals surface area contributed by atoms with Crippen molar-refractivity contribution in [3.05, 3.63) is 33.8 Å². The average molecular weight is 324 g/mol. The number of esters is 1. The highest BCUT2D eigenvalue weighted by molar-refractivity contribution is 9.10. The van der Waals surface area contributed by atoms with Crippen LogP contribution < -0.4 is 4.74 Å². The van der Waals surface area contributed by atoms with Crippen LogP contribution in [0.2, 0.25) is 0 Å². The average Bonchev–Trinajstić information content (AvgIpc) is 2.42. The Bertz CT molecular complexity index is 532. The molecule has 0 aliphatic rings. The van der Waals surface area contributed by atoms with Gasteiger partial charge in [0.1, 0.15) is 17.4 Å². The van der Waals surface area contributed by atoms with Gasteiger partial charge in [-0.05, 0) is 46.1 Å². The van der Waals surface area contributed by atoms with Gasteiger partial charge in [0.05, 0.1) is 18.2 Å². The Labute approximate surface area is 120 Å². The predicted molar refractivity (Wildman–Crippen MR) is 75.5 cm³/mol. The minimum absolute atomic E-state index is 0.0227. The minimum atomic E-state index is -0.601. The summed E-state index contributed by atoms with van der Waals surface area (Å²) in [6.45, 7) is 2.20. The molecule has 19 heavy (non-hydrogen) atoms. The fraction of sp³-hybridized carbons (Fsp3) is 0.286. The van der Waals surface area contributed by atoms with Crippen LogP contribution in [0.25, 0.3) is 6.08 Å². The molecular formula is C14H14BrNO3. The second-order valence-electron chi connectivity index (χ2n) is 3.70. The number of benzene rings is 1. The first kappa shape index (κ1) is 15.3. The van der Waals surface area contributed by atoms with E-state index in [2.05, 4.69) is 15.9 Å². The molecule has 4 nitrogen and oxygen atoms in total. The maximum absolute atomic E-state index is 11.6. The van der Waals surface area contributed by atoms with Gasteiger partial charge in [-0.3, -0.25) is 0 Å². The summed E-state index contributed by atoms with van der Waals surface area (Å²) in [5, 5.41) is 8.97. The number of ether oxygens (including phenoxy) is 2. The maximum atomic E-state index is 11.6. The van der Waals surface area contributed by atoms with Crippen LogP contribution in [0.3, 0.4) is 0 Å². The Kier molecular flexibility index (Phi) is 6.10. The molecule has 0 atom stereocenters. The molecule has 0 N–H and O–H groups in total. The number of methoxy groups -OCH3 is 1. The summed E-state index contributed by atoms with van der Waals surface area (Å²) in [5.74, 6) is 0.0838. The van der Waals surface area contributed by atoms with Crippen LogP contribution in [0.5, 0.6) is 5.75 Å². The normalized spacial score (nSPS) is 10.7. The van der Waals surface area contributed by atoms with Crippen LogP contribution in [0.1, 0.15) is 18.9 Å². The highest BCUT2D eigenvalue weighted by Gasteiger charge is 2.10. The van der Waals surface area contributed by atoms with Crippen molar-refractivity contribution in [3.63, 3.8) is 0 Å². The van der Waals surface area contributed by atoms with Crippen molar-refractivity contribution in [2.45, 2.75) is 13.3 Å². The fourth-order valence-electron chi connectivity index (χ4n) is 1.35. The number of halogens is 1. The molecule has 0 aromatic heterocycles. The van der Waals surface area contributed by atoms with E-state index >= 15 is 0 Å². The molecule has 0 saturated carbocycles. The molecule has 1 aromatic carbocycles. The van der Waals surface area contributed by atoms with Gasteiger partial charge >= 0.3 is 5.97 Å². The molecule has 5 heteroatoms. The van der Waals surface area contributed by atoms with Crippen molar-refractivity contribution in [2.75, 3.05) is 13.7 Å². The third-order valence-electron chi connectivity index (χ3n) is 2.26. The molecule has 100 valence electrons. The standard InChI is InChI=1S/C14H14BrNO3/c1-3-6-19-14(17)11(9-16)7-10-4-5-13(18-2)12(15)8-10/h4-5,7-8H,3,6H2,1-2H3/b11-7-. The van der Waals surface area contributed by atoms with E-state index in [9.17, 15) is 4.79 Å². The van der Waals surface area contributed by atoms with Crippen molar-refractivity contribution >= 4 is 28.0 Å². The Morgan fingerprint density at radius 3 is 2.79 bits per heavy atom. The lowest BCUT2D eigenvalue weighted by molar-refractivity contribution is -0.138. The predicted octanol–water partition coefficient (Wildman–Crippen LogP) is 3.32. The molecule has 0 aliphatic heterocycles. The monoisotopic (exact) mass is 323 g/mol. The van der Waals surface area contributed by atoms with E-state index in [-0.39, 0.29) is 5.57 Å². The number of hydrogen-bond donors (Lipinski definition) is 0. The van der Waals surface area contributed by atoms with Gasteiger partial charge in [0.15, 0.2) is 0 Å². The van der Waals surface area contributed by atoms with E-state index in [4.69, 9.17) is 14.7 Å². The first-order chi connectivity index (χ1) is 9.12. The Morgan fingerprint density at radius 2 is 2.26 bits per heavy atom. The van der Waals surface area contributed by atoms with Gasteiger partial charge in [-0.2, -0.15) is 5.26 Å². The van der Waals surface area contributed by atoms with Gasteiger partial charge in [0.25, 0.3) is 0 Å². The van der Waals surface area contributed by atoms with Crippen LogP contribution in [0.4, 0.5) is 0 Å². The van der Waals surface area contributed by atoms with Crippen LogP contribution in [-0.2, 0) is 9.53 Å². The van der Waals surface area contributed by atoms with Gasteiger partial charge < -0.3 is 9.47 Å². The maximum Gasteiger partial charge on any atom is 0.348 e. The Balaban J connectivity index is 2.95. The molecular weight excluding hydrogens is 310 g/mol. The van der Waals surface area contributed by atoms with Gasteiger partial charge in [-0.25, -0.2) is 4.79 Å². The quantitative estimate of drug-likeness (QED) is 0.474. The van der Waals surface area contributed by atoms with Gasteiger partial charge in [0.2, 0.25) is 0 Å². The third-order valence-corrected chi connectivity index (χ3v) is 2.88. The summed E-state index contributed by atoms with van der Waals surface area (Å²) in [7, 11) is 1.57. The number of carbonyl (C=O) groups excluding carboxylic acids is 1. The highest BCUT2D eigenvalue weighted by atomic mass is 79.9. The van der Waals surface area contributed by atoms with Crippen molar-refractivity contribution in [1.29, 1.82) is 5.26 Å². The molecule has 0 fully saturated rings. The first-order valence-electron chi connectivity index (χ1n) is 5.74. The molecule has 0 amide bonds. The molecule has 1 aromatic rings. The van der Waals surface area contributed by atoms with Crippen LogP contribution in [0, 0.1) is 11.3 Å². The zero-order chi connectivity index (χ0) is 14.3. The Hall–Kier alpha value is -1.80. The fourth-order valence-corrected chi connectivity index (χ4v) is 1.91. The largest absolute Gasteiger partial charge is 0.496 e. The Morgan fingerprint density at radius 1 is 1.53 bits per heavy atom. The number of carbonyl (C=O) groups is 1. The van der Waals surface area contributed by atoms with E-state index in [1.165, 1.54) is 6.08 Å². The van der Waals surface area contributed by atoms with Crippen LogP contribution >= 0.6 is 15.9 Å². The zero-order valence-electron chi connectivity index (χ0n) is 10.8. The van der Waals surface area contributed by atoms with E-state index < -0.39 is 5.97 Å². The molecule has 0 aliphatic carbocycles. The van der Waals surface area contributed by atoms with Gasteiger partial charge in [-0.15, -0.1) is 0 Å². The smallest absolute Gasteiger partial charge is 0.348 e. The lowest BCUT2D eigenvalue weighted by atomic mass is 10.1. The van der Waals surface area contributed by atoms with Crippen molar-refractivity contribution in [3.8, 4) is 11.8 Å². The lowest BCUT2D eigenvalue weighted by Gasteiger charge is -2.04. The van der Waals surface area contributed by atoms with Crippen LogP contribution in [0.15, 0.2) is 28.2 Å². The van der Waals surface area contributed by atoms with Gasteiger partial charge in [0, 0.05) is 0 Å². The number of nitrogens with zero attached hydrogens (tertiary/aromatic N) is 1.